The lowest BCUT2D eigenvalue weighted by molar-refractivity contribution is -0.136. The van der Waals surface area contributed by atoms with E-state index >= 15 is 0 Å². The Hall–Kier alpha value is -1.88. The largest absolute Gasteiger partial charge is 0.488 e. The van der Waals surface area contributed by atoms with E-state index in [2.05, 4.69) is 15.9 Å². The molecule has 0 unspecified atom stereocenters. The number of aliphatic carboxylic acids is 1. The molecule has 20 heavy (non-hydrogen) atoms. The van der Waals surface area contributed by atoms with Crippen molar-refractivity contribution in [2.24, 2.45) is 0 Å². The number of hydrogen-bond donors (Lipinski definition) is 1. The van der Waals surface area contributed by atoms with E-state index in [1.807, 2.05) is 0 Å². The Labute approximate surface area is 124 Å². The molecule has 0 aliphatic heterocycles. The van der Waals surface area contributed by atoms with Gasteiger partial charge in [-0.15, -0.1) is 0 Å². The van der Waals surface area contributed by atoms with Gasteiger partial charge in [0.2, 0.25) is 0 Å². The van der Waals surface area contributed by atoms with Crippen molar-refractivity contribution in [2.45, 2.75) is 13.0 Å². The Morgan fingerprint density at radius 3 is 2.70 bits per heavy atom. The molecule has 2 aromatic rings. The number of carboxylic acids is 1. The van der Waals surface area contributed by atoms with Crippen LogP contribution in [-0.2, 0) is 17.8 Å². The van der Waals surface area contributed by atoms with E-state index in [1.54, 1.807) is 36.4 Å². The molecule has 0 atom stereocenters. The molecule has 2 rings (SSSR count). The third kappa shape index (κ3) is 3.81. The maximum absolute atomic E-state index is 13.6. The van der Waals surface area contributed by atoms with Gasteiger partial charge in [0.25, 0.3) is 0 Å². The summed E-state index contributed by atoms with van der Waals surface area (Å²) in [6.07, 6.45) is -0.128. The van der Waals surface area contributed by atoms with Crippen LogP contribution in [0.3, 0.4) is 0 Å². The van der Waals surface area contributed by atoms with Crippen LogP contribution in [0.4, 0.5) is 4.39 Å². The van der Waals surface area contributed by atoms with Crippen LogP contribution in [0.1, 0.15) is 11.1 Å². The van der Waals surface area contributed by atoms with Crippen LogP contribution < -0.4 is 4.74 Å². The molecular formula is C15H12BrFO3. The van der Waals surface area contributed by atoms with Gasteiger partial charge in [-0.25, -0.2) is 4.39 Å². The second kappa shape index (κ2) is 6.52. The maximum atomic E-state index is 13.6. The lowest BCUT2D eigenvalue weighted by Crippen LogP contribution is -2.05. The van der Waals surface area contributed by atoms with E-state index in [-0.39, 0.29) is 18.8 Å². The first-order valence-corrected chi connectivity index (χ1v) is 6.72. The van der Waals surface area contributed by atoms with Crippen molar-refractivity contribution < 1.29 is 19.0 Å². The minimum Gasteiger partial charge on any atom is -0.488 e. The van der Waals surface area contributed by atoms with Crippen molar-refractivity contribution in [3.8, 4) is 5.75 Å². The fourth-order valence-corrected chi connectivity index (χ4v) is 2.17. The van der Waals surface area contributed by atoms with Crippen molar-refractivity contribution >= 4 is 21.9 Å². The molecule has 0 aromatic heterocycles. The van der Waals surface area contributed by atoms with Gasteiger partial charge in [0.1, 0.15) is 18.2 Å². The average Bonchev–Trinajstić information content (AvgIpc) is 2.41. The molecular weight excluding hydrogens is 327 g/mol. The predicted molar refractivity (Wildman–Crippen MR) is 76.2 cm³/mol. The van der Waals surface area contributed by atoms with Gasteiger partial charge in [-0.05, 0) is 24.3 Å². The third-order valence-corrected chi connectivity index (χ3v) is 3.20. The number of hydrogen-bond acceptors (Lipinski definition) is 2. The first-order chi connectivity index (χ1) is 9.56. The summed E-state index contributed by atoms with van der Waals surface area (Å²) in [7, 11) is 0. The predicted octanol–water partition coefficient (Wildman–Crippen LogP) is 3.79. The van der Waals surface area contributed by atoms with Gasteiger partial charge in [-0.1, -0.05) is 34.1 Å². The molecule has 104 valence electrons. The minimum atomic E-state index is -0.935. The summed E-state index contributed by atoms with van der Waals surface area (Å²) in [6.45, 7) is 0.0436. The molecule has 2 aromatic carbocycles. The second-order valence-electron chi connectivity index (χ2n) is 4.20. The lowest BCUT2D eigenvalue weighted by Gasteiger charge is -2.11. The van der Waals surface area contributed by atoms with Crippen LogP contribution >= 0.6 is 15.9 Å². The minimum absolute atomic E-state index is 0.0436. The molecule has 0 spiro atoms. The summed E-state index contributed by atoms with van der Waals surface area (Å²) in [5.41, 5.74) is 0.972. The Kier molecular flexibility index (Phi) is 4.74. The molecule has 0 aliphatic carbocycles. The zero-order valence-electron chi connectivity index (χ0n) is 10.5. The first-order valence-electron chi connectivity index (χ1n) is 5.92. The van der Waals surface area contributed by atoms with Crippen molar-refractivity contribution in [1.82, 2.24) is 0 Å². The smallest absolute Gasteiger partial charge is 0.307 e. The lowest BCUT2D eigenvalue weighted by atomic mass is 10.1. The molecule has 0 saturated carbocycles. The Balaban J connectivity index is 2.14. The van der Waals surface area contributed by atoms with E-state index in [4.69, 9.17) is 9.84 Å². The molecule has 0 saturated heterocycles. The van der Waals surface area contributed by atoms with Gasteiger partial charge in [0, 0.05) is 15.6 Å². The fourth-order valence-electron chi connectivity index (χ4n) is 1.76. The standard InChI is InChI=1S/C15H12BrFO3/c16-12-5-6-13(17)11(7-12)9-20-14-4-2-1-3-10(14)8-15(18)19/h1-7H,8-9H2,(H,18,19). The summed E-state index contributed by atoms with van der Waals surface area (Å²) >= 11 is 3.27. The highest BCUT2D eigenvalue weighted by atomic mass is 79.9. The molecule has 5 heteroatoms. The van der Waals surface area contributed by atoms with Gasteiger partial charge in [0.05, 0.1) is 6.42 Å². The number of ether oxygens (including phenoxy) is 1. The highest BCUT2D eigenvalue weighted by molar-refractivity contribution is 9.10. The monoisotopic (exact) mass is 338 g/mol. The number of benzene rings is 2. The van der Waals surface area contributed by atoms with Crippen LogP contribution in [0.5, 0.6) is 5.75 Å². The van der Waals surface area contributed by atoms with Crippen molar-refractivity contribution in [3.05, 3.63) is 63.9 Å². The molecule has 0 fully saturated rings. The highest BCUT2D eigenvalue weighted by Gasteiger charge is 2.09. The summed E-state index contributed by atoms with van der Waals surface area (Å²) in [6, 6.07) is 11.4. The number of carboxylic acid groups (broad SMARTS) is 1. The number of carbonyl (C=O) groups is 1. The Bertz CT molecular complexity index is 628. The third-order valence-electron chi connectivity index (χ3n) is 2.71. The highest BCUT2D eigenvalue weighted by Crippen LogP contribution is 2.22. The van der Waals surface area contributed by atoms with Crippen LogP contribution in [0.2, 0.25) is 0 Å². The quantitative estimate of drug-likeness (QED) is 0.901. The van der Waals surface area contributed by atoms with Crippen LogP contribution in [0.25, 0.3) is 0 Å². The molecule has 0 aliphatic rings. The van der Waals surface area contributed by atoms with E-state index in [9.17, 15) is 9.18 Å². The number of para-hydroxylation sites is 1. The summed E-state index contributed by atoms with van der Waals surface area (Å²) in [5, 5.41) is 8.84. The topological polar surface area (TPSA) is 46.5 Å². The summed E-state index contributed by atoms with van der Waals surface area (Å²) in [4.78, 5) is 10.8. The van der Waals surface area contributed by atoms with Crippen LogP contribution in [0.15, 0.2) is 46.9 Å². The van der Waals surface area contributed by atoms with E-state index in [0.29, 0.717) is 16.9 Å². The van der Waals surface area contributed by atoms with Gasteiger partial charge < -0.3 is 9.84 Å². The second-order valence-corrected chi connectivity index (χ2v) is 5.12. The van der Waals surface area contributed by atoms with E-state index in [0.717, 1.165) is 4.47 Å². The number of rotatable bonds is 5. The zero-order chi connectivity index (χ0) is 14.5. The summed E-state index contributed by atoms with van der Waals surface area (Å²) in [5.74, 6) is -0.840. The van der Waals surface area contributed by atoms with Crippen molar-refractivity contribution in [2.75, 3.05) is 0 Å². The van der Waals surface area contributed by atoms with Gasteiger partial charge in [-0.3, -0.25) is 4.79 Å². The van der Waals surface area contributed by atoms with Gasteiger partial charge in [0.15, 0.2) is 0 Å². The average molecular weight is 339 g/mol. The molecule has 1 N–H and O–H groups in total. The normalized spacial score (nSPS) is 10.3. The zero-order valence-corrected chi connectivity index (χ0v) is 12.1. The van der Waals surface area contributed by atoms with E-state index in [1.165, 1.54) is 6.07 Å². The SMILES string of the molecule is O=C(O)Cc1ccccc1OCc1cc(Br)ccc1F. The van der Waals surface area contributed by atoms with Crippen LogP contribution in [-0.4, -0.2) is 11.1 Å². The number of halogens is 2. The maximum Gasteiger partial charge on any atom is 0.307 e. The first kappa shape index (κ1) is 14.5. The fraction of sp³-hybridized carbons (Fsp3) is 0.133. The Morgan fingerprint density at radius 2 is 1.95 bits per heavy atom. The van der Waals surface area contributed by atoms with Gasteiger partial charge >= 0.3 is 5.97 Å². The van der Waals surface area contributed by atoms with Crippen molar-refractivity contribution in [3.63, 3.8) is 0 Å². The molecule has 3 nitrogen and oxygen atoms in total. The molecule has 0 heterocycles. The Morgan fingerprint density at radius 1 is 1.20 bits per heavy atom. The summed E-state index contributed by atoms with van der Waals surface area (Å²) < 4.78 is 19.9. The van der Waals surface area contributed by atoms with Gasteiger partial charge in [-0.2, -0.15) is 0 Å². The van der Waals surface area contributed by atoms with Crippen LogP contribution in [0, 0.1) is 5.82 Å². The molecule has 0 radical (unpaired) electrons. The van der Waals surface area contributed by atoms with Crippen molar-refractivity contribution in [1.29, 1.82) is 0 Å². The van der Waals surface area contributed by atoms with E-state index < -0.39 is 5.97 Å². The molecule has 0 bridgehead atoms. The molecule has 0 amide bonds.